The zero-order valence-electron chi connectivity index (χ0n) is 13.1. The Hall–Kier alpha value is -1.11. The molecule has 0 bridgehead atoms. The Labute approximate surface area is 134 Å². The predicted octanol–water partition coefficient (Wildman–Crippen LogP) is 2.21. The average Bonchev–Trinajstić information content (AvgIpc) is 2.91. The van der Waals surface area contributed by atoms with Crippen LogP contribution in [0, 0.1) is 6.92 Å². The summed E-state index contributed by atoms with van der Waals surface area (Å²) in [6.45, 7) is 3.93. The standard InChI is InChI=1S/C16H23NO4S/c1-11-10-12(20-2)14(22-11)15(19)17-7-5-16(6-8-17)13(18)4-3-9-21-16/h10,13,18H,3-9H2,1-2H3. The van der Waals surface area contributed by atoms with Crippen LogP contribution in [0.1, 0.15) is 40.2 Å². The van der Waals surface area contributed by atoms with Gasteiger partial charge in [-0.1, -0.05) is 0 Å². The summed E-state index contributed by atoms with van der Waals surface area (Å²) in [5.41, 5.74) is -0.440. The van der Waals surface area contributed by atoms with Crippen LogP contribution in [0.25, 0.3) is 0 Å². The van der Waals surface area contributed by atoms with Crippen molar-refractivity contribution in [3.8, 4) is 5.75 Å². The molecule has 1 aromatic heterocycles. The van der Waals surface area contributed by atoms with Crippen LogP contribution in [0.2, 0.25) is 0 Å². The number of hydrogen-bond acceptors (Lipinski definition) is 5. The van der Waals surface area contributed by atoms with Gasteiger partial charge in [0, 0.05) is 24.6 Å². The number of aryl methyl sites for hydroxylation is 1. The molecule has 2 aliphatic heterocycles. The fraction of sp³-hybridized carbons (Fsp3) is 0.688. The molecule has 122 valence electrons. The van der Waals surface area contributed by atoms with Crippen LogP contribution < -0.4 is 4.74 Å². The third kappa shape index (κ3) is 2.75. The lowest BCUT2D eigenvalue weighted by Crippen LogP contribution is -2.56. The number of thiophene rings is 1. The van der Waals surface area contributed by atoms with Gasteiger partial charge in [0.1, 0.15) is 10.6 Å². The van der Waals surface area contributed by atoms with Gasteiger partial charge in [-0.15, -0.1) is 11.3 Å². The van der Waals surface area contributed by atoms with Crippen molar-refractivity contribution < 1.29 is 19.4 Å². The first-order valence-electron chi connectivity index (χ1n) is 7.81. The van der Waals surface area contributed by atoms with Crippen LogP contribution in [0.15, 0.2) is 6.07 Å². The van der Waals surface area contributed by atoms with Gasteiger partial charge in [0.25, 0.3) is 5.91 Å². The zero-order valence-corrected chi connectivity index (χ0v) is 13.9. The van der Waals surface area contributed by atoms with Crippen molar-refractivity contribution in [3.63, 3.8) is 0 Å². The van der Waals surface area contributed by atoms with Gasteiger partial charge in [0.2, 0.25) is 0 Å². The first kappa shape index (κ1) is 15.8. The van der Waals surface area contributed by atoms with Crippen molar-refractivity contribution in [1.82, 2.24) is 4.90 Å². The summed E-state index contributed by atoms with van der Waals surface area (Å²) in [6, 6.07) is 1.90. The van der Waals surface area contributed by atoms with Crippen molar-refractivity contribution in [3.05, 3.63) is 15.8 Å². The highest BCUT2D eigenvalue weighted by atomic mass is 32.1. The average molecular weight is 325 g/mol. The summed E-state index contributed by atoms with van der Waals surface area (Å²) in [7, 11) is 1.59. The maximum Gasteiger partial charge on any atom is 0.267 e. The minimum absolute atomic E-state index is 0.0232. The van der Waals surface area contributed by atoms with Crippen molar-refractivity contribution in [2.75, 3.05) is 26.8 Å². The van der Waals surface area contributed by atoms with Gasteiger partial charge in [0.15, 0.2) is 0 Å². The molecule has 0 aromatic carbocycles. The fourth-order valence-corrected chi connectivity index (χ4v) is 4.36. The Morgan fingerprint density at radius 3 is 2.86 bits per heavy atom. The summed E-state index contributed by atoms with van der Waals surface area (Å²) in [5, 5.41) is 10.3. The highest BCUT2D eigenvalue weighted by molar-refractivity contribution is 7.14. The van der Waals surface area contributed by atoms with E-state index in [2.05, 4.69) is 0 Å². The molecule has 2 aliphatic rings. The van der Waals surface area contributed by atoms with Gasteiger partial charge in [-0.05, 0) is 38.7 Å². The molecule has 1 atom stereocenters. The minimum Gasteiger partial charge on any atom is -0.495 e. The van der Waals surface area contributed by atoms with E-state index in [4.69, 9.17) is 9.47 Å². The number of hydrogen-bond donors (Lipinski definition) is 1. The number of aliphatic hydroxyl groups excluding tert-OH is 1. The van der Waals surface area contributed by atoms with Crippen LogP contribution in [0.4, 0.5) is 0 Å². The number of likely N-dealkylation sites (tertiary alicyclic amines) is 1. The lowest BCUT2D eigenvalue weighted by Gasteiger charge is -2.46. The smallest absolute Gasteiger partial charge is 0.267 e. The molecule has 0 radical (unpaired) electrons. The molecule has 5 nitrogen and oxygen atoms in total. The summed E-state index contributed by atoms with van der Waals surface area (Å²) in [4.78, 5) is 16.3. The number of rotatable bonds is 2. The van der Waals surface area contributed by atoms with Crippen LogP contribution >= 0.6 is 11.3 Å². The highest BCUT2D eigenvalue weighted by Gasteiger charge is 2.44. The molecule has 3 rings (SSSR count). The number of nitrogens with zero attached hydrogens (tertiary/aromatic N) is 1. The van der Waals surface area contributed by atoms with Crippen molar-refractivity contribution in [1.29, 1.82) is 0 Å². The zero-order chi connectivity index (χ0) is 15.7. The van der Waals surface area contributed by atoms with Gasteiger partial charge in [0.05, 0.1) is 18.8 Å². The fourth-order valence-electron chi connectivity index (χ4n) is 3.41. The van der Waals surface area contributed by atoms with E-state index in [-0.39, 0.29) is 5.91 Å². The maximum absolute atomic E-state index is 12.7. The lowest BCUT2D eigenvalue weighted by atomic mass is 9.82. The van der Waals surface area contributed by atoms with Crippen LogP contribution in [-0.4, -0.2) is 54.4 Å². The molecule has 1 spiro atoms. The number of aliphatic hydroxyl groups is 1. The first-order valence-corrected chi connectivity index (χ1v) is 8.63. The second-order valence-electron chi connectivity index (χ2n) is 6.12. The minimum atomic E-state index is -0.440. The van der Waals surface area contributed by atoms with Crippen molar-refractivity contribution in [2.24, 2.45) is 0 Å². The van der Waals surface area contributed by atoms with Crippen LogP contribution in [0.5, 0.6) is 5.75 Å². The predicted molar refractivity (Wildman–Crippen MR) is 84.7 cm³/mol. The second kappa shape index (κ2) is 6.18. The van der Waals surface area contributed by atoms with E-state index < -0.39 is 11.7 Å². The van der Waals surface area contributed by atoms with E-state index in [1.165, 1.54) is 11.3 Å². The van der Waals surface area contributed by atoms with Crippen molar-refractivity contribution >= 4 is 17.2 Å². The lowest BCUT2D eigenvalue weighted by molar-refractivity contribution is -0.174. The molecule has 0 saturated carbocycles. The Bertz CT molecular complexity index is 548. The number of ether oxygens (including phenoxy) is 2. The molecular formula is C16H23NO4S. The van der Waals surface area contributed by atoms with Gasteiger partial charge in [-0.25, -0.2) is 0 Å². The molecular weight excluding hydrogens is 302 g/mol. The molecule has 1 N–H and O–H groups in total. The Kier molecular flexibility index (Phi) is 4.43. The van der Waals surface area contributed by atoms with Crippen molar-refractivity contribution in [2.45, 2.75) is 44.3 Å². The number of amides is 1. The molecule has 2 saturated heterocycles. The van der Waals surface area contributed by atoms with Gasteiger partial charge >= 0.3 is 0 Å². The van der Waals surface area contributed by atoms with Gasteiger partial charge < -0.3 is 19.5 Å². The van der Waals surface area contributed by atoms with Gasteiger partial charge in [-0.3, -0.25) is 4.79 Å². The molecule has 1 aromatic rings. The van der Waals surface area contributed by atoms with Crippen LogP contribution in [-0.2, 0) is 4.74 Å². The number of methoxy groups -OCH3 is 1. The molecule has 6 heteroatoms. The SMILES string of the molecule is COc1cc(C)sc1C(=O)N1CCC2(CC1)OCCCC2O. The molecule has 1 unspecified atom stereocenters. The summed E-state index contributed by atoms with van der Waals surface area (Å²) in [6.07, 6.45) is 2.71. The molecule has 3 heterocycles. The van der Waals surface area contributed by atoms with E-state index in [9.17, 15) is 9.90 Å². The van der Waals surface area contributed by atoms with E-state index in [1.54, 1.807) is 7.11 Å². The molecule has 0 aliphatic carbocycles. The number of carbonyl (C=O) groups is 1. The largest absolute Gasteiger partial charge is 0.495 e. The molecule has 22 heavy (non-hydrogen) atoms. The summed E-state index contributed by atoms with van der Waals surface area (Å²) < 4.78 is 11.2. The Balaban J connectivity index is 1.69. The van der Waals surface area contributed by atoms with E-state index >= 15 is 0 Å². The summed E-state index contributed by atoms with van der Waals surface area (Å²) >= 11 is 1.47. The van der Waals surface area contributed by atoms with E-state index in [0.717, 1.165) is 17.7 Å². The Morgan fingerprint density at radius 1 is 1.50 bits per heavy atom. The molecule has 1 amide bonds. The second-order valence-corrected chi connectivity index (χ2v) is 7.37. The van der Waals surface area contributed by atoms with Gasteiger partial charge in [-0.2, -0.15) is 0 Å². The summed E-state index contributed by atoms with van der Waals surface area (Å²) in [5.74, 6) is 0.678. The highest BCUT2D eigenvalue weighted by Crippen LogP contribution is 2.37. The van der Waals surface area contributed by atoms with E-state index in [1.807, 2.05) is 17.9 Å². The molecule has 2 fully saturated rings. The topological polar surface area (TPSA) is 59.0 Å². The quantitative estimate of drug-likeness (QED) is 0.906. The number of piperidine rings is 1. The monoisotopic (exact) mass is 325 g/mol. The third-order valence-corrected chi connectivity index (χ3v) is 5.77. The first-order chi connectivity index (χ1) is 10.6. The van der Waals surface area contributed by atoms with E-state index in [0.29, 0.717) is 43.2 Å². The van der Waals surface area contributed by atoms with Crippen LogP contribution in [0.3, 0.4) is 0 Å². The number of carbonyl (C=O) groups excluding carboxylic acids is 1. The normalized spacial score (nSPS) is 24.5. The maximum atomic E-state index is 12.7. The third-order valence-electron chi connectivity index (χ3n) is 4.75. The Morgan fingerprint density at radius 2 is 2.23 bits per heavy atom.